The summed E-state index contributed by atoms with van der Waals surface area (Å²) in [6.45, 7) is -0.122. The molecule has 0 saturated carbocycles. The second-order valence-corrected chi connectivity index (χ2v) is 9.49. The molecule has 0 unspecified atom stereocenters. The van der Waals surface area contributed by atoms with E-state index in [2.05, 4.69) is 5.32 Å². The van der Waals surface area contributed by atoms with Gasteiger partial charge in [0, 0.05) is 11.6 Å². The molecule has 29 heavy (non-hydrogen) atoms. The van der Waals surface area contributed by atoms with Crippen molar-refractivity contribution in [2.45, 2.75) is 10.8 Å². The quantitative estimate of drug-likeness (QED) is 0.564. The fourth-order valence-electron chi connectivity index (χ4n) is 2.64. The molecule has 0 radical (unpaired) electrons. The predicted molar refractivity (Wildman–Crippen MR) is 115 cm³/mol. The standard InChI is InChI=1S/C20H19ClN2O4S2/c1-27-18-6-3-2-5-17(18)23(29(25,26)20-7-4-12-28-20)14-19(24)22-13-15-8-10-16(21)11-9-15/h2-12H,13-14H2,1H3,(H,22,24). The third-order valence-electron chi connectivity index (χ3n) is 4.08. The average molecular weight is 451 g/mol. The van der Waals surface area contributed by atoms with E-state index in [0.717, 1.165) is 21.2 Å². The first-order chi connectivity index (χ1) is 13.9. The Kier molecular flexibility index (Phi) is 6.79. The molecule has 1 N–H and O–H groups in total. The van der Waals surface area contributed by atoms with E-state index >= 15 is 0 Å². The molecule has 0 fully saturated rings. The highest BCUT2D eigenvalue weighted by Gasteiger charge is 2.30. The van der Waals surface area contributed by atoms with E-state index < -0.39 is 15.9 Å². The van der Waals surface area contributed by atoms with E-state index in [0.29, 0.717) is 16.5 Å². The molecule has 0 aliphatic heterocycles. The Labute approximate surface area is 178 Å². The number of carbonyl (C=O) groups excluding carboxylic acids is 1. The number of anilines is 1. The van der Waals surface area contributed by atoms with Crippen LogP contribution in [-0.2, 0) is 21.4 Å². The number of sulfonamides is 1. The van der Waals surface area contributed by atoms with E-state index in [1.54, 1.807) is 60.0 Å². The van der Waals surface area contributed by atoms with Crippen LogP contribution in [0, 0.1) is 0 Å². The highest BCUT2D eigenvalue weighted by molar-refractivity contribution is 7.94. The topological polar surface area (TPSA) is 75.7 Å². The Morgan fingerprint density at radius 3 is 2.48 bits per heavy atom. The lowest BCUT2D eigenvalue weighted by molar-refractivity contribution is -0.119. The van der Waals surface area contributed by atoms with Crippen LogP contribution in [0.3, 0.4) is 0 Å². The van der Waals surface area contributed by atoms with Crippen molar-refractivity contribution in [2.24, 2.45) is 0 Å². The molecule has 1 aromatic heterocycles. The summed E-state index contributed by atoms with van der Waals surface area (Å²) in [6, 6.07) is 16.9. The van der Waals surface area contributed by atoms with Gasteiger partial charge in [0.1, 0.15) is 16.5 Å². The van der Waals surface area contributed by atoms with Crippen LogP contribution in [0.2, 0.25) is 5.02 Å². The Bertz CT molecular complexity index is 1070. The van der Waals surface area contributed by atoms with E-state index in [4.69, 9.17) is 16.3 Å². The summed E-state index contributed by atoms with van der Waals surface area (Å²) in [5.41, 5.74) is 1.15. The van der Waals surface area contributed by atoms with Gasteiger partial charge in [0.25, 0.3) is 10.0 Å². The maximum Gasteiger partial charge on any atom is 0.274 e. The minimum absolute atomic E-state index is 0.147. The fraction of sp³-hybridized carbons (Fsp3) is 0.150. The zero-order valence-electron chi connectivity index (χ0n) is 15.5. The summed E-state index contributed by atoms with van der Waals surface area (Å²) in [5.74, 6) is -0.0795. The third kappa shape index (κ3) is 5.09. The van der Waals surface area contributed by atoms with Gasteiger partial charge < -0.3 is 10.1 Å². The zero-order valence-corrected chi connectivity index (χ0v) is 17.9. The molecule has 1 amide bonds. The SMILES string of the molecule is COc1ccccc1N(CC(=O)NCc1ccc(Cl)cc1)S(=O)(=O)c1cccs1. The van der Waals surface area contributed by atoms with Crippen molar-refractivity contribution >= 4 is 44.6 Å². The van der Waals surface area contributed by atoms with Crippen LogP contribution in [0.25, 0.3) is 0 Å². The second-order valence-electron chi connectivity index (χ2n) is 6.02. The fourth-order valence-corrected chi connectivity index (χ4v) is 5.31. The van der Waals surface area contributed by atoms with Crippen molar-refractivity contribution in [3.63, 3.8) is 0 Å². The lowest BCUT2D eigenvalue weighted by Crippen LogP contribution is -2.40. The number of hydrogen-bond acceptors (Lipinski definition) is 5. The molecule has 0 spiro atoms. The number of amides is 1. The van der Waals surface area contributed by atoms with Crippen molar-refractivity contribution in [2.75, 3.05) is 18.0 Å². The molecule has 0 aliphatic carbocycles. The number of rotatable bonds is 8. The van der Waals surface area contributed by atoms with Crippen molar-refractivity contribution in [1.82, 2.24) is 5.32 Å². The number of nitrogens with zero attached hydrogens (tertiary/aromatic N) is 1. The summed E-state index contributed by atoms with van der Waals surface area (Å²) >= 11 is 6.96. The minimum Gasteiger partial charge on any atom is -0.495 e. The minimum atomic E-state index is -3.93. The van der Waals surface area contributed by atoms with Crippen molar-refractivity contribution < 1.29 is 17.9 Å². The van der Waals surface area contributed by atoms with Crippen LogP contribution in [0.5, 0.6) is 5.75 Å². The van der Waals surface area contributed by atoms with Gasteiger partial charge in [0.15, 0.2) is 0 Å². The number of nitrogens with one attached hydrogen (secondary N) is 1. The number of ether oxygens (including phenoxy) is 1. The summed E-state index contributed by atoms with van der Waals surface area (Å²) in [4.78, 5) is 12.6. The normalized spacial score (nSPS) is 11.1. The van der Waals surface area contributed by atoms with Crippen LogP contribution in [0.4, 0.5) is 5.69 Å². The van der Waals surface area contributed by atoms with E-state index in [9.17, 15) is 13.2 Å². The number of carbonyl (C=O) groups is 1. The lowest BCUT2D eigenvalue weighted by Gasteiger charge is -2.25. The molecule has 3 aromatic rings. The Hall–Kier alpha value is -2.55. The molecule has 0 atom stereocenters. The molecule has 1 heterocycles. The van der Waals surface area contributed by atoms with E-state index in [-0.39, 0.29) is 17.3 Å². The van der Waals surface area contributed by atoms with Crippen molar-refractivity contribution in [1.29, 1.82) is 0 Å². The summed E-state index contributed by atoms with van der Waals surface area (Å²) < 4.78 is 32.9. The maximum atomic E-state index is 13.2. The Morgan fingerprint density at radius 2 is 1.83 bits per heavy atom. The first kappa shape index (κ1) is 21.2. The first-order valence-electron chi connectivity index (χ1n) is 8.62. The van der Waals surface area contributed by atoms with E-state index in [1.165, 1.54) is 13.2 Å². The maximum absolute atomic E-state index is 13.2. The Balaban J connectivity index is 1.85. The van der Waals surface area contributed by atoms with Gasteiger partial charge in [-0.25, -0.2) is 8.42 Å². The molecule has 0 saturated heterocycles. The molecular weight excluding hydrogens is 432 g/mol. The average Bonchev–Trinajstić information content (AvgIpc) is 3.27. The lowest BCUT2D eigenvalue weighted by atomic mass is 10.2. The van der Waals surface area contributed by atoms with Gasteiger partial charge in [-0.15, -0.1) is 11.3 Å². The first-order valence-corrected chi connectivity index (χ1v) is 11.3. The van der Waals surface area contributed by atoms with Gasteiger partial charge in [-0.2, -0.15) is 0 Å². The van der Waals surface area contributed by atoms with Crippen LogP contribution in [0.1, 0.15) is 5.56 Å². The number of para-hydroxylation sites is 2. The number of halogens is 1. The number of hydrogen-bond donors (Lipinski definition) is 1. The summed E-state index contributed by atoms with van der Waals surface area (Å²) in [6.07, 6.45) is 0. The second kappa shape index (κ2) is 9.30. The highest BCUT2D eigenvalue weighted by Crippen LogP contribution is 2.33. The third-order valence-corrected chi connectivity index (χ3v) is 7.47. The predicted octanol–water partition coefficient (Wildman–Crippen LogP) is 3.92. The molecule has 3 rings (SSSR count). The van der Waals surface area contributed by atoms with Gasteiger partial charge in [-0.3, -0.25) is 9.10 Å². The van der Waals surface area contributed by atoms with E-state index in [1.807, 2.05) is 0 Å². The molecule has 2 aromatic carbocycles. The van der Waals surface area contributed by atoms with Crippen molar-refractivity contribution in [3.8, 4) is 5.75 Å². The number of benzene rings is 2. The highest BCUT2D eigenvalue weighted by atomic mass is 35.5. The van der Waals surface area contributed by atoms with Crippen LogP contribution in [0.15, 0.2) is 70.3 Å². The van der Waals surface area contributed by atoms with Gasteiger partial charge in [0.2, 0.25) is 5.91 Å². The smallest absolute Gasteiger partial charge is 0.274 e. The largest absolute Gasteiger partial charge is 0.495 e. The van der Waals surface area contributed by atoms with Gasteiger partial charge >= 0.3 is 0 Å². The van der Waals surface area contributed by atoms with Crippen molar-refractivity contribution in [3.05, 3.63) is 76.6 Å². The molecular formula is C20H19ClN2O4S2. The van der Waals surface area contributed by atoms with Crippen LogP contribution >= 0.6 is 22.9 Å². The Morgan fingerprint density at radius 1 is 1.10 bits per heavy atom. The van der Waals surface area contributed by atoms with Gasteiger partial charge in [-0.05, 0) is 41.3 Å². The van der Waals surface area contributed by atoms with Gasteiger partial charge in [-0.1, -0.05) is 41.9 Å². The molecule has 0 bridgehead atoms. The molecule has 9 heteroatoms. The zero-order chi connectivity index (χ0) is 20.9. The molecule has 152 valence electrons. The molecule has 0 aliphatic rings. The monoisotopic (exact) mass is 450 g/mol. The number of thiophene rings is 1. The van der Waals surface area contributed by atoms with Crippen LogP contribution < -0.4 is 14.4 Å². The van der Waals surface area contributed by atoms with Gasteiger partial charge in [0.05, 0.1) is 12.8 Å². The van der Waals surface area contributed by atoms with Crippen LogP contribution in [-0.4, -0.2) is 28.0 Å². The number of methoxy groups -OCH3 is 1. The summed E-state index contributed by atoms with van der Waals surface area (Å²) in [5, 5.41) is 5.02. The molecule has 6 nitrogen and oxygen atoms in total. The summed E-state index contributed by atoms with van der Waals surface area (Å²) in [7, 11) is -2.48.